The highest BCUT2D eigenvalue weighted by molar-refractivity contribution is 7.99. The first-order valence-electron chi connectivity index (χ1n) is 5.55. The van der Waals surface area contributed by atoms with Crippen LogP contribution >= 0.6 is 11.8 Å². The van der Waals surface area contributed by atoms with E-state index >= 15 is 0 Å². The highest BCUT2D eigenvalue weighted by Crippen LogP contribution is 2.06. The maximum absolute atomic E-state index is 10.4. The summed E-state index contributed by atoms with van der Waals surface area (Å²) in [6.45, 7) is 1.23. The fraction of sp³-hybridized carbons (Fsp3) is 0.900. The Kier molecular flexibility index (Phi) is 17.4. The summed E-state index contributed by atoms with van der Waals surface area (Å²) in [5.74, 6) is 0.135. The summed E-state index contributed by atoms with van der Waals surface area (Å²) in [6.07, 6.45) is -0.144. The Balaban J connectivity index is 0. The molecule has 0 aliphatic rings. The molecule has 7 nitrogen and oxygen atoms in total. The van der Waals surface area contributed by atoms with Crippen molar-refractivity contribution in [3.05, 3.63) is 0 Å². The molecule has 0 aromatic heterocycles. The Labute approximate surface area is 122 Å². The molecular formula is C10H21NO6S2. The second-order valence-corrected chi connectivity index (χ2v) is 4.68. The summed E-state index contributed by atoms with van der Waals surface area (Å²) < 4.78 is 17.8. The third-order valence-electron chi connectivity index (χ3n) is 1.94. The molecule has 0 fully saturated rings. The Bertz CT molecular complexity index is 222. The van der Waals surface area contributed by atoms with Crippen molar-refractivity contribution in [2.24, 2.45) is 5.73 Å². The Morgan fingerprint density at radius 1 is 1.42 bits per heavy atom. The van der Waals surface area contributed by atoms with Crippen LogP contribution in [0.15, 0.2) is 0 Å². The molecule has 9 heteroatoms. The fourth-order valence-electron chi connectivity index (χ4n) is 0.963. The Morgan fingerprint density at radius 3 is 2.58 bits per heavy atom. The number of carbonyl (C=O) groups is 1. The maximum atomic E-state index is 10.4. The third kappa shape index (κ3) is 15.6. The molecule has 114 valence electrons. The lowest BCUT2D eigenvalue weighted by Gasteiger charge is -2.11. The lowest BCUT2D eigenvalue weighted by Crippen LogP contribution is -2.30. The first kappa shape index (κ1) is 21.0. The van der Waals surface area contributed by atoms with Crippen molar-refractivity contribution in [1.82, 2.24) is 0 Å². The molecule has 0 rings (SSSR count). The van der Waals surface area contributed by atoms with Crippen molar-refractivity contribution in [2.75, 3.05) is 38.4 Å². The molecule has 4 N–H and O–H groups in total. The number of rotatable bonds is 11. The standard InChI is InChI=1S/C10H21NO5S.OS/c1-15-3-4-16-6-8(12)7-17-5-2-9(11)10(13)14;1-2/h8-9,12H,2-7,11H2,1H3,(H,13,14);/t8?,9-;/m0./s1. The first-order chi connectivity index (χ1) is 9.07. The van der Waals surface area contributed by atoms with Crippen molar-refractivity contribution >= 4 is 30.3 Å². The number of aliphatic carboxylic acids is 1. The van der Waals surface area contributed by atoms with Crippen LogP contribution in [-0.2, 0) is 26.8 Å². The number of hydrogen-bond donors (Lipinski definition) is 3. The number of hydrogen-bond acceptors (Lipinski definition) is 8. The molecule has 19 heavy (non-hydrogen) atoms. The molecule has 0 amide bonds. The lowest BCUT2D eigenvalue weighted by atomic mass is 10.2. The van der Waals surface area contributed by atoms with Gasteiger partial charge in [-0.3, -0.25) is 4.79 Å². The summed E-state index contributed by atoms with van der Waals surface area (Å²) in [7, 11) is 1.58. The van der Waals surface area contributed by atoms with E-state index in [-0.39, 0.29) is 6.61 Å². The van der Waals surface area contributed by atoms with Gasteiger partial charge >= 0.3 is 5.97 Å². The number of carboxylic acids is 1. The maximum Gasteiger partial charge on any atom is 0.320 e. The monoisotopic (exact) mass is 315 g/mol. The zero-order valence-corrected chi connectivity index (χ0v) is 12.5. The van der Waals surface area contributed by atoms with Crippen LogP contribution in [0.25, 0.3) is 0 Å². The van der Waals surface area contributed by atoms with Crippen molar-refractivity contribution in [3.63, 3.8) is 0 Å². The van der Waals surface area contributed by atoms with Crippen LogP contribution < -0.4 is 5.73 Å². The zero-order valence-electron chi connectivity index (χ0n) is 10.8. The summed E-state index contributed by atoms with van der Waals surface area (Å²) >= 11 is 4.30. The van der Waals surface area contributed by atoms with E-state index in [9.17, 15) is 9.90 Å². The van der Waals surface area contributed by atoms with Crippen LogP contribution in [0, 0.1) is 0 Å². The van der Waals surface area contributed by atoms with Crippen molar-refractivity contribution < 1.29 is 28.7 Å². The molecule has 2 atom stereocenters. The molecular weight excluding hydrogens is 294 g/mol. The number of carboxylic acid groups (broad SMARTS) is 1. The van der Waals surface area contributed by atoms with Gasteiger partial charge in [0, 0.05) is 12.9 Å². The minimum Gasteiger partial charge on any atom is -0.480 e. The summed E-state index contributed by atoms with van der Waals surface area (Å²) in [6, 6.07) is -0.822. The molecule has 0 saturated heterocycles. The molecule has 0 aliphatic carbocycles. The fourth-order valence-corrected chi connectivity index (χ4v) is 1.92. The quantitative estimate of drug-likeness (QED) is 0.421. The van der Waals surface area contributed by atoms with Gasteiger partial charge in [0.2, 0.25) is 0 Å². The molecule has 0 aromatic carbocycles. The van der Waals surface area contributed by atoms with Gasteiger partial charge in [-0.05, 0) is 12.2 Å². The van der Waals surface area contributed by atoms with Crippen molar-refractivity contribution in [3.8, 4) is 0 Å². The minimum absolute atomic E-state index is 0.265. The second kappa shape index (κ2) is 15.7. The molecule has 0 aliphatic heterocycles. The largest absolute Gasteiger partial charge is 0.480 e. The Morgan fingerprint density at radius 2 is 2.05 bits per heavy atom. The second-order valence-electron chi connectivity index (χ2n) is 3.53. The smallest absolute Gasteiger partial charge is 0.320 e. The van der Waals surface area contributed by atoms with E-state index in [0.29, 0.717) is 31.1 Å². The van der Waals surface area contributed by atoms with Gasteiger partial charge in [0.15, 0.2) is 12.5 Å². The number of methoxy groups -OCH3 is 1. The highest BCUT2D eigenvalue weighted by atomic mass is 32.2. The van der Waals surface area contributed by atoms with Crippen LogP contribution in [0.3, 0.4) is 0 Å². The van der Waals surface area contributed by atoms with Crippen LogP contribution in [0.5, 0.6) is 0 Å². The predicted molar refractivity (Wildman–Crippen MR) is 74.4 cm³/mol. The van der Waals surface area contributed by atoms with Gasteiger partial charge in [0.05, 0.1) is 25.9 Å². The number of aliphatic hydroxyl groups is 1. The number of ether oxygens (including phenoxy) is 2. The average Bonchev–Trinajstić information content (AvgIpc) is 2.41. The third-order valence-corrected chi connectivity index (χ3v) is 3.09. The minimum atomic E-state index is -0.992. The summed E-state index contributed by atoms with van der Waals surface area (Å²) in [5.41, 5.74) is 5.33. The number of nitrogens with two attached hydrogens (primary N) is 1. The van der Waals surface area contributed by atoms with E-state index < -0.39 is 18.1 Å². The first-order valence-corrected chi connectivity index (χ1v) is 7.04. The van der Waals surface area contributed by atoms with E-state index in [4.69, 9.17) is 24.5 Å². The zero-order chi connectivity index (χ0) is 15.1. The normalized spacial score (nSPS) is 13.2. The van der Waals surface area contributed by atoms with Crippen LogP contribution in [-0.4, -0.2) is 71.0 Å². The van der Waals surface area contributed by atoms with E-state index in [1.54, 1.807) is 7.11 Å². The van der Waals surface area contributed by atoms with Gasteiger partial charge in [-0.25, -0.2) is 0 Å². The number of aliphatic hydroxyl groups excluding tert-OH is 1. The van der Waals surface area contributed by atoms with E-state index in [1.807, 2.05) is 0 Å². The predicted octanol–water partition coefficient (Wildman–Crippen LogP) is -0.791. The molecule has 0 saturated carbocycles. The van der Waals surface area contributed by atoms with E-state index in [1.165, 1.54) is 11.8 Å². The molecule has 0 radical (unpaired) electrons. The summed E-state index contributed by atoms with van der Waals surface area (Å²) in [5, 5.41) is 18.0. The number of thioether (sulfide) groups is 1. The van der Waals surface area contributed by atoms with Gasteiger partial charge in [0.25, 0.3) is 0 Å². The van der Waals surface area contributed by atoms with Crippen molar-refractivity contribution in [1.29, 1.82) is 0 Å². The van der Waals surface area contributed by atoms with E-state index in [0.717, 1.165) is 0 Å². The molecule has 0 heterocycles. The SMILES string of the molecule is COCCOCC(O)CSCC[C@H](N)C(=O)O.O=S. The topological polar surface area (TPSA) is 119 Å². The van der Waals surface area contributed by atoms with Crippen LogP contribution in [0.4, 0.5) is 0 Å². The highest BCUT2D eigenvalue weighted by Gasteiger charge is 2.11. The lowest BCUT2D eigenvalue weighted by molar-refractivity contribution is -0.138. The molecule has 1 unspecified atom stereocenters. The average molecular weight is 315 g/mol. The summed E-state index contributed by atoms with van der Waals surface area (Å²) in [4.78, 5) is 10.4. The molecule has 0 bridgehead atoms. The van der Waals surface area contributed by atoms with Crippen LogP contribution in [0.2, 0.25) is 0 Å². The van der Waals surface area contributed by atoms with Gasteiger partial charge < -0.3 is 25.4 Å². The van der Waals surface area contributed by atoms with Crippen molar-refractivity contribution in [2.45, 2.75) is 18.6 Å². The van der Waals surface area contributed by atoms with E-state index in [2.05, 4.69) is 12.5 Å². The van der Waals surface area contributed by atoms with Gasteiger partial charge in [-0.15, -0.1) is 0 Å². The Hall–Kier alpha value is -0.320. The van der Waals surface area contributed by atoms with Gasteiger partial charge in [-0.2, -0.15) is 16.0 Å². The van der Waals surface area contributed by atoms with Gasteiger partial charge in [-0.1, -0.05) is 0 Å². The molecule has 0 aromatic rings. The molecule has 0 spiro atoms. The van der Waals surface area contributed by atoms with Crippen LogP contribution in [0.1, 0.15) is 6.42 Å². The van der Waals surface area contributed by atoms with Gasteiger partial charge in [0.1, 0.15) is 6.04 Å².